The first-order chi connectivity index (χ1) is 4.79. The normalized spacial score (nSPS) is 8.10. The van der Waals surface area contributed by atoms with Crippen molar-refractivity contribution in [2.45, 2.75) is 6.92 Å². The molecule has 50 valence electrons. The summed E-state index contributed by atoms with van der Waals surface area (Å²) in [7, 11) is 0. The molecule has 0 fully saturated rings. The molecule has 0 N–H and O–H groups in total. The molecule has 1 rings (SSSR count). The van der Waals surface area contributed by atoms with Crippen molar-refractivity contribution in [3.63, 3.8) is 0 Å². The van der Waals surface area contributed by atoms with Gasteiger partial charge in [0.05, 0.1) is 0 Å². The molecule has 0 nitrogen and oxygen atoms in total. The van der Waals surface area contributed by atoms with Gasteiger partial charge in [-0.25, -0.2) is 0 Å². The van der Waals surface area contributed by atoms with Crippen molar-refractivity contribution in [1.29, 1.82) is 0 Å². The van der Waals surface area contributed by atoms with Crippen LogP contribution in [0.5, 0.6) is 0 Å². The number of hydrogen-bond acceptors (Lipinski definition) is 0. The van der Waals surface area contributed by atoms with Gasteiger partial charge in [-0.1, -0.05) is 11.9 Å². The van der Waals surface area contributed by atoms with E-state index in [0.717, 1.165) is 0 Å². The van der Waals surface area contributed by atoms with Crippen molar-refractivity contribution < 1.29 is 16.3 Å². The van der Waals surface area contributed by atoms with Gasteiger partial charge in [-0.15, -0.1) is 17.7 Å². The third-order valence-electron chi connectivity index (χ3n) is 0.922. The molecule has 0 aromatic heterocycles. The van der Waals surface area contributed by atoms with Crippen LogP contribution in [0.25, 0.3) is 0 Å². The molecule has 0 spiro atoms. The second-order valence-corrected chi connectivity index (χ2v) is 2.12. The SMILES string of the molecule is Cc1cc[c-]c(Cl)c1.[Zn+][Br]. The Kier molecular flexibility index (Phi) is 6.72. The molecule has 3 heteroatoms. The van der Waals surface area contributed by atoms with Crippen LogP contribution in [-0.2, 0) is 16.3 Å². The zero-order valence-corrected chi connectivity index (χ0v) is 11.0. The maximum absolute atomic E-state index is 5.59. The van der Waals surface area contributed by atoms with Crippen molar-refractivity contribution in [3.8, 4) is 0 Å². The van der Waals surface area contributed by atoms with E-state index >= 15 is 0 Å². The van der Waals surface area contributed by atoms with Gasteiger partial charge < -0.3 is 0 Å². The van der Waals surface area contributed by atoms with Crippen LogP contribution in [0.4, 0.5) is 0 Å². The van der Waals surface area contributed by atoms with Crippen LogP contribution < -0.4 is 0 Å². The summed E-state index contributed by atoms with van der Waals surface area (Å²) in [4.78, 5) is 0. The standard InChI is InChI=1S/C7H6Cl.BrH.Zn/c1-6-3-2-4-7(8)5-6;;/h2-3,5H,1H3;1H;/q-1;;+2/p-1. The minimum absolute atomic E-state index is 0.685. The summed E-state index contributed by atoms with van der Waals surface area (Å²) in [5.41, 5.74) is 1.17. The van der Waals surface area contributed by atoms with Crippen LogP contribution in [0.2, 0.25) is 5.02 Å². The van der Waals surface area contributed by atoms with Crippen molar-refractivity contribution in [1.82, 2.24) is 0 Å². The number of halogens is 2. The molecule has 0 saturated heterocycles. The Morgan fingerprint density at radius 3 is 2.50 bits per heavy atom. The second kappa shape index (κ2) is 6.33. The molecule has 0 aliphatic rings. The molecule has 10 heavy (non-hydrogen) atoms. The van der Waals surface area contributed by atoms with Gasteiger partial charge in [0.15, 0.2) is 0 Å². The molecule has 1 aromatic rings. The van der Waals surface area contributed by atoms with Crippen molar-refractivity contribution in [3.05, 3.63) is 34.9 Å². The first kappa shape index (κ1) is 10.6. The Morgan fingerprint density at radius 2 is 2.20 bits per heavy atom. The Labute approximate surface area is 83.0 Å². The van der Waals surface area contributed by atoms with Crippen LogP contribution in [-0.4, -0.2) is 0 Å². The van der Waals surface area contributed by atoms with Gasteiger partial charge in [-0.05, 0) is 0 Å². The fourth-order valence-electron chi connectivity index (χ4n) is 0.542. The fourth-order valence-corrected chi connectivity index (χ4v) is 0.777. The van der Waals surface area contributed by atoms with Crippen molar-refractivity contribution in [2.75, 3.05) is 0 Å². The number of benzene rings is 1. The summed E-state index contributed by atoms with van der Waals surface area (Å²) in [5.74, 6) is 0. The molecular formula is C7H6BrClZn. The van der Waals surface area contributed by atoms with E-state index in [2.05, 4.69) is 19.7 Å². The summed E-state index contributed by atoms with van der Waals surface area (Å²) in [6.45, 7) is 2.00. The molecule has 1 aromatic carbocycles. The molecular weight excluding hydrogens is 265 g/mol. The van der Waals surface area contributed by atoms with Gasteiger partial charge in [-0.2, -0.15) is 23.8 Å². The maximum atomic E-state index is 5.59. The van der Waals surface area contributed by atoms with Crippen molar-refractivity contribution >= 4 is 25.2 Å². The van der Waals surface area contributed by atoms with Gasteiger partial charge in [0.2, 0.25) is 0 Å². The summed E-state index contributed by atoms with van der Waals surface area (Å²) in [6.07, 6.45) is 0. The number of hydrogen-bond donors (Lipinski definition) is 0. The van der Waals surface area contributed by atoms with Crippen LogP contribution in [0, 0.1) is 13.0 Å². The zero-order valence-electron chi connectivity index (χ0n) is 5.70. The van der Waals surface area contributed by atoms with Gasteiger partial charge in [-0.3, -0.25) is 0 Å². The first-order valence-corrected chi connectivity index (χ1v) is 10.0. The van der Waals surface area contributed by atoms with Gasteiger partial charge in [0, 0.05) is 0 Å². The molecule has 0 aliphatic carbocycles. The second-order valence-electron chi connectivity index (χ2n) is 1.71. The number of aryl methyl sites for hydroxylation is 1. The van der Waals surface area contributed by atoms with Crippen LogP contribution in [0.3, 0.4) is 0 Å². The summed E-state index contributed by atoms with van der Waals surface area (Å²) in [6, 6.07) is 8.50. The van der Waals surface area contributed by atoms with Crippen molar-refractivity contribution in [2.24, 2.45) is 0 Å². The van der Waals surface area contributed by atoms with Crippen LogP contribution in [0.1, 0.15) is 5.56 Å². The molecule has 0 aliphatic heterocycles. The molecule has 0 radical (unpaired) electrons. The van der Waals surface area contributed by atoms with E-state index in [1.807, 2.05) is 25.1 Å². The third kappa shape index (κ3) is 4.43. The average molecular weight is 271 g/mol. The third-order valence-corrected chi connectivity index (χ3v) is 1.14. The summed E-state index contributed by atoms with van der Waals surface area (Å²) < 4.78 is 0. The zero-order chi connectivity index (χ0) is 7.98. The molecule has 0 heterocycles. The monoisotopic (exact) mass is 268 g/mol. The van der Waals surface area contributed by atoms with Gasteiger partial charge >= 0.3 is 30.0 Å². The van der Waals surface area contributed by atoms with E-state index in [1.165, 1.54) is 21.9 Å². The predicted molar refractivity (Wildman–Crippen MR) is 44.0 cm³/mol. The fraction of sp³-hybridized carbons (Fsp3) is 0.143. The topological polar surface area (TPSA) is 0 Å². The van der Waals surface area contributed by atoms with Gasteiger partial charge in [0.1, 0.15) is 0 Å². The molecule has 0 bridgehead atoms. The minimum atomic E-state index is 0.685. The Hall–Kier alpha value is 0.613. The van der Waals surface area contributed by atoms with E-state index in [4.69, 9.17) is 11.6 Å². The Balaban J connectivity index is 0.000000371. The quantitative estimate of drug-likeness (QED) is 0.501. The Morgan fingerprint density at radius 1 is 1.60 bits per heavy atom. The Bertz CT molecular complexity index is 173. The molecule has 0 unspecified atom stereocenters. The van der Waals surface area contributed by atoms with E-state index in [9.17, 15) is 0 Å². The summed E-state index contributed by atoms with van der Waals surface area (Å²) >= 11 is 9.84. The average Bonchev–Trinajstić information content (AvgIpc) is 1.91. The predicted octanol–water partition coefficient (Wildman–Crippen LogP) is 3.29. The van der Waals surface area contributed by atoms with E-state index in [1.54, 1.807) is 0 Å². The van der Waals surface area contributed by atoms with E-state index in [0.29, 0.717) is 5.02 Å². The number of rotatable bonds is 0. The van der Waals surface area contributed by atoms with E-state index in [-0.39, 0.29) is 0 Å². The summed E-state index contributed by atoms with van der Waals surface area (Å²) in [5, 5.41) is 0.685. The van der Waals surface area contributed by atoms with E-state index < -0.39 is 0 Å². The molecule has 0 atom stereocenters. The molecule has 0 saturated carbocycles. The van der Waals surface area contributed by atoms with Gasteiger partial charge in [0.25, 0.3) is 0 Å². The van der Waals surface area contributed by atoms with Crippen LogP contribution in [0.15, 0.2) is 18.2 Å². The molecule has 0 amide bonds. The first-order valence-electron chi connectivity index (χ1n) is 2.69. The van der Waals surface area contributed by atoms with Crippen LogP contribution >= 0.6 is 25.2 Å².